The molecule has 0 fully saturated rings. The summed E-state index contributed by atoms with van der Waals surface area (Å²) in [5.41, 5.74) is 5.73. The molecule has 0 aliphatic rings. The van der Waals surface area contributed by atoms with Crippen LogP contribution in [-0.2, 0) is 12.8 Å². The fourth-order valence-corrected chi connectivity index (χ4v) is 10.2. The highest BCUT2D eigenvalue weighted by Crippen LogP contribution is 2.40. The second-order valence-electron chi connectivity index (χ2n) is 13.5. The van der Waals surface area contributed by atoms with Gasteiger partial charge in [-0.15, -0.1) is 22.7 Å². The molecule has 46 heavy (non-hydrogen) atoms. The summed E-state index contributed by atoms with van der Waals surface area (Å²) in [6.07, 6.45) is 30.1. The van der Waals surface area contributed by atoms with E-state index in [2.05, 4.69) is 94.2 Å². The lowest BCUT2D eigenvalue weighted by atomic mass is 9.98. The first-order valence-electron chi connectivity index (χ1n) is 18.7. The Morgan fingerprint density at radius 3 is 1.09 bits per heavy atom. The lowest BCUT2D eigenvalue weighted by Gasteiger charge is -2.09. The molecular weight excluding hydrogens is 728 g/mol. The van der Waals surface area contributed by atoms with Crippen molar-refractivity contribution < 1.29 is 0 Å². The molecule has 4 rings (SSSR count). The largest absolute Gasteiger partial charge is 0.128 e. The van der Waals surface area contributed by atoms with E-state index in [-0.39, 0.29) is 0 Å². The first-order valence-corrected chi connectivity index (χ1v) is 21.9. The summed E-state index contributed by atoms with van der Waals surface area (Å²) >= 11 is 11.4. The summed E-state index contributed by atoms with van der Waals surface area (Å²) in [5, 5.41) is 2.67. The Labute approximate surface area is 306 Å². The molecule has 0 spiro atoms. The van der Waals surface area contributed by atoms with Crippen LogP contribution in [0.5, 0.6) is 0 Å². The summed E-state index contributed by atoms with van der Waals surface area (Å²) in [7, 11) is 0. The summed E-state index contributed by atoms with van der Waals surface area (Å²) < 4.78 is 2.50. The van der Waals surface area contributed by atoms with Gasteiger partial charge in [0.1, 0.15) is 0 Å². The van der Waals surface area contributed by atoms with Crippen molar-refractivity contribution in [3.8, 4) is 20.9 Å². The molecule has 0 radical (unpaired) electrons. The van der Waals surface area contributed by atoms with Crippen LogP contribution < -0.4 is 0 Å². The predicted molar refractivity (Wildman–Crippen MR) is 217 cm³/mol. The number of unbranched alkanes of at least 4 members (excludes halogenated alkanes) is 18. The van der Waals surface area contributed by atoms with Crippen LogP contribution in [0, 0.1) is 0 Å². The molecule has 0 aliphatic heterocycles. The highest BCUT2D eigenvalue weighted by Gasteiger charge is 2.13. The molecule has 0 atom stereocenters. The van der Waals surface area contributed by atoms with E-state index in [1.807, 2.05) is 22.7 Å². The van der Waals surface area contributed by atoms with Crippen molar-refractivity contribution in [2.45, 2.75) is 155 Å². The quantitative estimate of drug-likeness (QED) is 0.0621. The molecule has 2 heterocycles. The maximum absolute atomic E-state index is 3.80. The number of rotatable bonds is 24. The van der Waals surface area contributed by atoms with Crippen molar-refractivity contribution in [2.24, 2.45) is 0 Å². The highest BCUT2D eigenvalue weighted by molar-refractivity contribution is 9.11. The number of hydrogen-bond donors (Lipinski definition) is 0. The molecule has 4 heteroatoms. The van der Waals surface area contributed by atoms with Crippen LogP contribution >= 0.6 is 54.5 Å². The number of fused-ring (bicyclic) bond motifs is 1. The lowest BCUT2D eigenvalue weighted by molar-refractivity contribution is 0.556. The van der Waals surface area contributed by atoms with Gasteiger partial charge in [-0.1, -0.05) is 154 Å². The number of halogens is 2. The van der Waals surface area contributed by atoms with Gasteiger partial charge in [0.2, 0.25) is 0 Å². The summed E-state index contributed by atoms with van der Waals surface area (Å²) in [6, 6.07) is 18.9. The lowest BCUT2D eigenvalue weighted by Crippen LogP contribution is -1.88. The molecule has 0 aliphatic carbocycles. The zero-order chi connectivity index (χ0) is 32.4. The van der Waals surface area contributed by atoms with Crippen molar-refractivity contribution in [1.29, 1.82) is 0 Å². The van der Waals surface area contributed by atoms with E-state index in [1.165, 1.54) is 192 Å². The molecule has 0 amide bonds. The van der Waals surface area contributed by atoms with E-state index < -0.39 is 0 Å². The fourth-order valence-electron chi connectivity index (χ4n) is 6.78. The Hall–Kier alpha value is -0.940. The molecule has 2 aromatic heterocycles. The minimum absolute atomic E-state index is 1.18. The third-order valence-electron chi connectivity index (χ3n) is 9.52. The molecular formula is C42H58Br2S2. The number of benzene rings is 2. The Bertz CT molecular complexity index is 1310. The smallest absolute Gasteiger partial charge is 0.0707 e. The maximum Gasteiger partial charge on any atom is 0.0707 e. The van der Waals surface area contributed by atoms with Crippen LogP contribution in [0.1, 0.15) is 153 Å². The van der Waals surface area contributed by atoms with Gasteiger partial charge in [-0.05, 0) is 115 Å². The van der Waals surface area contributed by atoms with Crippen molar-refractivity contribution in [2.75, 3.05) is 0 Å². The highest BCUT2D eigenvalue weighted by atomic mass is 79.9. The Balaban J connectivity index is 1.28. The third kappa shape index (κ3) is 12.8. The maximum atomic E-state index is 3.80. The molecule has 0 unspecified atom stereocenters. The SMILES string of the molecule is CCCCCCCCCCCCc1cc(Br)sc1-c1ccc2cc(-c3sc(Br)cc3CCCCCCCCCCCC)ccc2c1. The van der Waals surface area contributed by atoms with E-state index >= 15 is 0 Å². The van der Waals surface area contributed by atoms with E-state index in [9.17, 15) is 0 Å². The second-order valence-corrected chi connectivity index (χ2v) is 18.3. The van der Waals surface area contributed by atoms with Crippen LogP contribution in [0.2, 0.25) is 0 Å². The van der Waals surface area contributed by atoms with E-state index in [1.54, 1.807) is 0 Å². The predicted octanol–water partition coefficient (Wildman–Crippen LogP) is 16.7. The number of hydrogen-bond acceptors (Lipinski definition) is 2. The van der Waals surface area contributed by atoms with E-state index in [4.69, 9.17) is 0 Å². The molecule has 0 saturated carbocycles. The van der Waals surface area contributed by atoms with E-state index in [0.29, 0.717) is 0 Å². The third-order valence-corrected chi connectivity index (χ3v) is 13.0. The van der Waals surface area contributed by atoms with Gasteiger partial charge in [0, 0.05) is 9.75 Å². The van der Waals surface area contributed by atoms with Gasteiger partial charge in [0.25, 0.3) is 0 Å². The Morgan fingerprint density at radius 2 is 0.739 bits per heavy atom. The number of aryl methyl sites for hydroxylation is 2. The second kappa shape index (κ2) is 21.9. The van der Waals surface area contributed by atoms with Crippen molar-refractivity contribution >= 4 is 65.3 Å². The summed E-state index contributed by atoms with van der Waals surface area (Å²) in [6.45, 7) is 4.60. The Morgan fingerprint density at radius 1 is 0.413 bits per heavy atom. The van der Waals surface area contributed by atoms with Gasteiger partial charge >= 0.3 is 0 Å². The van der Waals surface area contributed by atoms with Crippen molar-refractivity contribution in [3.63, 3.8) is 0 Å². The zero-order valence-electron chi connectivity index (χ0n) is 28.7. The minimum Gasteiger partial charge on any atom is -0.128 e. The van der Waals surface area contributed by atoms with Crippen LogP contribution in [0.25, 0.3) is 31.7 Å². The van der Waals surface area contributed by atoms with Gasteiger partial charge in [-0.3, -0.25) is 0 Å². The van der Waals surface area contributed by atoms with Crippen molar-refractivity contribution in [3.05, 3.63) is 67.2 Å². The standard InChI is InChI=1S/C42H58Br2S2/c1-3-5-7-9-11-13-15-17-19-21-23-35-31-39(43)45-41(35)37-27-25-34-30-38(28-26-33(34)29-37)42-36(32-40(44)46-42)24-22-20-18-16-14-12-10-8-6-4-2/h25-32H,3-24H2,1-2H3. The van der Waals surface area contributed by atoms with Gasteiger partial charge < -0.3 is 0 Å². The zero-order valence-corrected chi connectivity index (χ0v) is 33.6. The average molecular weight is 787 g/mol. The minimum atomic E-state index is 1.18. The molecule has 0 nitrogen and oxygen atoms in total. The first-order chi connectivity index (χ1) is 22.6. The molecule has 252 valence electrons. The monoisotopic (exact) mass is 784 g/mol. The Kier molecular flexibility index (Phi) is 18.0. The van der Waals surface area contributed by atoms with Crippen molar-refractivity contribution in [1.82, 2.24) is 0 Å². The number of thiophene rings is 2. The van der Waals surface area contributed by atoms with Crippen LogP contribution in [-0.4, -0.2) is 0 Å². The fraction of sp³-hybridized carbons (Fsp3) is 0.571. The molecule has 0 N–H and O–H groups in total. The summed E-state index contributed by atoms with van der Waals surface area (Å²) in [5.74, 6) is 0. The topological polar surface area (TPSA) is 0 Å². The van der Waals surface area contributed by atoms with Gasteiger partial charge in [0.15, 0.2) is 0 Å². The molecule has 2 aromatic carbocycles. The molecule has 0 bridgehead atoms. The van der Waals surface area contributed by atoms with Gasteiger partial charge in [-0.2, -0.15) is 0 Å². The van der Waals surface area contributed by atoms with Crippen LogP contribution in [0.4, 0.5) is 0 Å². The van der Waals surface area contributed by atoms with E-state index in [0.717, 1.165) is 0 Å². The normalized spacial score (nSPS) is 11.7. The van der Waals surface area contributed by atoms with Crippen LogP contribution in [0.3, 0.4) is 0 Å². The van der Waals surface area contributed by atoms with Gasteiger partial charge in [0.05, 0.1) is 7.57 Å². The molecule has 4 aromatic rings. The average Bonchev–Trinajstić information content (AvgIpc) is 3.63. The summed E-state index contributed by atoms with van der Waals surface area (Å²) in [4.78, 5) is 2.88. The van der Waals surface area contributed by atoms with Crippen LogP contribution in [0.15, 0.2) is 56.1 Å². The molecule has 0 saturated heterocycles. The van der Waals surface area contributed by atoms with Gasteiger partial charge in [-0.25, -0.2) is 0 Å². The first kappa shape index (κ1) is 37.9.